The van der Waals surface area contributed by atoms with Crippen LogP contribution >= 0.6 is 0 Å². The van der Waals surface area contributed by atoms with Crippen LogP contribution in [0.5, 0.6) is 0 Å². The Labute approximate surface area is 72.7 Å². The summed E-state index contributed by atoms with van der Waals surface area (Å²) in [5.41, 5.74) is 0. The Morgan fingerprint density at radius 1 is 1.00 bits per heavy atom. The van der Waals surface area contributed by atoms with Crippen molar-refractivity contribution in [3.63, 3.8) is 0 Å². The van der Waals surface area contributed by atoms with E-state index in [4.69, 9.17) is 4.89 Å². The first-order valence-corrected chi connectivity index (χ1v) is 5.39. The predicted molar refractivity (Wildman–Crippen MR) is 50.4 cm³/mol. The van der Waals surface area contributed by atoms with E-state index in [0.717, 1.165) is 13.0 Å². The van der Waals surface area contributed by atoms with Crippen molar-refractivity contribution in [1.29, 1.82) is 0 Å². The standard InChI is InChI=1S/C8H20O2Si/c1-2-3-4-5-6-7-8-9-10-11/h2-8H2,1,11H3. The topological polar surface area (TPSA) is 18.5 Å². The Morgan fingerprint density at radius 3 is 2.27 bits per heavy atom. The molecule has 0 aromatic carbocycles. The van der Waals surface area contributed by atoms with E-state index in [-0.39, 0.29) is 0 Å². The molecule has 68 valence electrons. The van der Waals surface area contributed by atoms with Crippen molar-refractivity contribution >= 4 is 10.5 Å². The normalized spacial score (nSPS) is 10.6. The molecule has 0 heterocycles. The molecule has 2 nitrogen and oxygen atoms in total. The van der Waals surface area contributed by atoms with Gasteiger partial charge >= 0.3 is 0 Å². The van der Waals surface area contributed by atoms with E-state index in [9.17, 15) is 0 Å². The van der Waals surface area contributed by atoms with E-state index in [1.807, 2.05) is 0 Å². The van der Waals surface area contributed by atoms with Gasteiger partial charge in [0.25, 0.3) is 0 Å². The first-order chi connectivity index (χ1) is 5.41. The molecule has 0 fully saturated rings. The lowest BCUT2D eigenvalue weighted by Crippen LogP contribution is -1.93. The second kappa shape index (κ2) is 10.1. The van der Waals surface area contributed by atoms with Crippen LogP contribution in [0.4, 0.5) is 0 Å². The van der Waals surface area contributed by atoms with Gasteiger partial charge in [-0.05, 0) is 6.42 Å². The molecule has 0 aromatic heterocycles. The Morgan fingerprint density at radius 2 is 1.64 bits per heavy atom. The van der Waals surface area contributed by atoms with E-state index in [1.54, 1.807) is 0 Å². The molecule has 0 aliphatic heterocycles. The summed E-state index contributed by atoms with van der Waals surface area (Å²) in [6, 6.07) is 0. The van der Waals surface area contributed by atoms with Gasteiger partial charge in [-0.2, -0.15) is 0 Å². The van der Waals surface area contributed by atoms with Gasteiger partial charge in [-0.15, -0.1) is 0 Å². The quantitative estimate of drug-likeness (QED) is 0.242. The Balaban J connectivity index is 2.69. The lowest BCUT2D eigenvalue weighted by atomic mass is 10.1. The monoisotopic (exact) mass is 176 g/mol. The van der Waals surface area contributed by atoms with Crippen molar-refractivity contribution in [1.82, 2.24) is 0 Å². The highest BCUT2D eigenvalue weighted by Gasteiger charge is 1.89. The Hall–Kier alpha value is 0.137. The third kappa shape index (κ3) is 10.1. The van der Waals surface area contributed by atoms with Gasteiger partial charge in [0.15, 0.2) is 10.5 Å². The van der Waals surface area contributed by atoms with Gasteiger partial charge in [0.05, 0.1) is 6.61 Å². The third-order valence-electron chi connectivity index (χ3n) is 1.70. The molecule has 0 saturated heterocycles. The fourth-order valence-corrected chi connectivity index (χ4v) is 1.19. The van der Waals surface area contributed by atoms with Crippen LogP contribution in [0, 0.1) is 0 Å². The maximum Gasteiger partial charge on any atom is 0.193 e. The minimum Gasteiger partial charge on any atom is -0.298 e. The summed E-state index contributed by atoms with van der Waals surface area (Å²) in [6.45, 7) is 3.01. The molecular weight excluding hydrogens is 156 g/mol. The summed E-state index contributed by atoms with van der Waals surface area (Å²) in [7, 11) is 0.687. The highest BCUT2D eigenvalue weighted by Crippen LogP contribution is 2.04. The molecule has 3 heteroatoms. The summed E-state index contributed by atoms with van der Waals surface area (Å²) < 4.78 is 4.61. The molecule has 0 aliphatic rings. The molecule has 0 atom stereocenters. The molecule has 11 heavy (non-hydrogen) atoms. The molecule has 0 aromatic rings. The van der Waals surface area contributed by atoms with Gasteiger partial charge in [-0.1, -0.05) is 39.0 Å². The zero-order chi connectivity index (χ0) is 8.36. The van der Waals surface area contributed by atoms with Crippen molar-refractivity contribution in [2.24, 2.45) is 0 Å². The number of hydrogen-bond acceptors (Lipinski definition) is 2. The summed E-state index contributed by atoms with van der Waals surface area (Å²) in [5, 5.41) is 0. The van der Waals surface area contributed by atoms with Crippen molar-refractivity contribution in [2.45, 2.75) is 45.4 Å². The summed E-state index contributed by atoms with van der Waals surface area (Å²) >= 11 is 0. The summed E-state index contributed by atoms with van der Waals surface area (Å²) in [4.78, 5) is 4.80. The molecule has 0 amide bonds. The minimum atomic E-state index is 0.687. The van der Waals surface area contributed by atoms with E-state index >= 15 is 0 Å². The molecule has 0 rings (SSSR count). The maximum atomic E-state index is 4.80. The number of unbranched alkanes of at least 4 members (excludes halogenated alkanes) is 5. The lowest BCUT2D eigenvalue weighted by Gasteiger charge is -2.00. The SMILES string of the molecule is CCCCCCCCOO[SiH3]. The molecule has 0 aliphatic carbocycles. The number of hydrogen-bond donors (Lipinski definition) is 0. The molecule has 0 bridgehead atoms. The van der Waals surface area contributed by atoms with Crippen LogP contribution < -0.4 is 0 Å². The molecule has 0 radical (unpaired) electrons. The van der Waals surface area contributed by atoms with Crippen LogP contribution in [0.1, 0.15) is 45.4 Å². The molecule has 0 unspecified atom stereocenters. The maximum absolute atomic E-state index is 4.80. The molecule has 0 saturated carbocycles. The van der Waals surface area contributed by atoms with Crippen LogP contribution in [0.2, 0.25) is 0 Å². The van der Waals surface area contributed by atoms with Gasteiger partial charge in [0.2, 0.25) is 0 Å². The predicted octanol–water partition coefficient (Wildman–Crippen LogP) is 1.58. The van der Waals surface area contributed by atoms with Gasteiger partial charge in [-0.25, -0.2) is 4.89 Å². The van der Waals surface area contributed by atoms with Crippen molar-refractivity contribution in [3.8, 4) is 0 Å². The smallest absolute Gasteiger partial charge is 0.193 e. The van der Waals surface area contributed by atoms with Crippen LogP contribution in [0.15, 0.2) is 0 Å². The van der Waals surface area contributed by atoms with Gasteiger partial charge < -0.3 is 0 Å². The van der Waals surface area contributed by atoms with Crippen LogP contribution in [-0.2, 0) is 9.46 Å². The number of rotatable bonds is 8. The zero-order valence-corrected chi connectivity index (χ0v) is 9.77. The Bertz CT molecular complexity index is 61.1. The van der Waals surface area contributed by atoms with E-state index in [0.29, 0.717) is 10.5 Å². The van der Waals surface area contributed by atoms with Crippen LogP contribution in [0.25, 0.3) is 0 Å². The second-order valence-corrected chi connectivity index (χ2v) is 3.09. The summed E-state index contributed by atoms with van der Waals surface area (Å²) in [6.07, 6.45) is 7.84. The van der Waals surface area contributed by atoms with Crippen LogP contribution in [-0.4, -0.2) is 17.1 Å². The van der Waals surface area contributed by atoms with E-state index in [1.165, 1.54) is 32.1 Å². The van der Waals surface area contributed by atoms with Crippen molar-refractivity contribution < 1.29 is 9.46 Å². The highest BCUT2D eigenvalue weighted by molar-refractivity contribution is 5.97. The van der Waals surface area contributed by atoms with E-state index in [2.05, 4.69) is 11.5 Å². The minimum absolute atomic E-state index is 0.687. The first-order valence-electron chi connectivity index (χ1n) is 4.57. The molecule has 0 N–H and O–H groups in total. The highest BCUT2D eigenvalue weighted by atomic mass is 28.2. The van der Waals surface area contributed by atoms with Crippen molar-refractivity contribution in [2.75, 3.05) is 6.61 Å². The van der Waals surface area contributed by atoms with Gasteiger partial charge in [-0.3, -0.25) is 4.58 Å². The van der Waals surface area contributed by atoms with Crippen LogP contribution in [0.3, 0.4) is 0 Å². The fraction of sp³-hybridized carbons (Fsp3) is 1.00. The third-order valence-corrected chi connectivity index (χ3v) is 1.93. The molecule has 0 spiro atoms. The van der Waals surface area contributed by atoms with Gasteiger partial charge in [0, 0.05) is 0 Å². The fourth-order valence-electron chi connectivity index (χ4n) is 1.02. The zero-order valence-electron chi connectivity index (χ0n) is 7.77. The van der Waals surface area contributed by atoms with Crippen molar-refractivity contribution in [3.05, 3.63) is 0 Å². The lowest BCUT2D eigenvalue weighted by molar-refractivity contribution is -0.204. The van der Waals surface area contributed by atoms with Gasteiger partial charge in [0.1, 0.15) is 0 Å². The summed E-state index contributed by atoms with van der Waals surface area (Å²) in [5.74, 6) is 0. The molecular formula is C8H20O2Si. The largest absolute Gasteiger partial charge is 0.298 e. The van der Waals surface area contributed by atoms with E-state index < -0.39 is 0 Å². The average molecular weight is 176 g/mol. The Kier molecular flexibility index (Phi) is 10.3. The average Bonchev–Trinajstić information content (AvgIpc) is 2.03. The second-order valence-electron chi connectivity index (χ2n) is 2.76. The first kappa shape index (κ1) is 11.1.